The summed E-state index contributed by atoms with van der Waals surface area (Å²) in [4.78, 5) is 13.3. The molecule has 1 aliphatic rings. The summed E-state index contributed by atoms with van der Waals surface area (Å²) in [5, 5.41) is 5.12. The number of anilines is 2. The van der Waals surface area contributed by atoms with Gasteiger partial charge in [0.1, 0.15) is 0 Å². The van der Waals surface area contributed by atoms with Gasteiger partial charge in [-0.05, 0) is 37.3 Å². The first kappa shape index (κ1) is 15.7. The van der Waals surface area contributed by atoms with Crippen LogP contribution < -0.4 is 14.9 Å². The van der Waals surface area contributed by atoms with Crippen molar-refractivity contribution in [3.05, 3.63) is 42.2 Å². The van der Waals surface area contributed by atoms with Gasteiger partial charge in [0.2, 0.25) is 16.0 Å². The topological polar surface area (TPSA) is 92.4 Å². The van der Waals surface area contributed by atoms with E-state index in [1.807, 2.05) is 13.0 Å². The molecule has 0 spiro atoms. The summed E-state index contributed by atoms with van der Waals surface area (Å²) in [5.74, 6) is 0.759. The van der Waals surface area contributed by atoms with E-state index in [-0.39, 0.29) is 4.90 Å². The zero-order chi connectivity index (χ0) is 16.4. The minimum absolute atomic E-state index is 0.132. The highest BCUT2D eigenvalue weighted by Crippen LogP contribution is 2.20. The lowest BCUT2D eigenvalue weighted by molar-refractivity contribution is 0.597. The van der Waals surface area contributed by atoms with Crippen LogP contribution in [0.5, 0.6) is 0 Å². The maximum absolute atomic E-state index is 11.3. The third kappa shape index (κ3) is 3.59. The number of aromatic nitrogens is 2. The standard InChI is InChI=1S/C15H19N5O2S/c1-12-6-7-17-15(18-12)20-10-8-19(9-11-20)13-2-4-14(5-3-13)23(16,21)22/h2-7H,8-11H2,1H3,(H2,16,21,22). The average Bonchev–Trinajstić information content (AvgIpc) is 2.54. The summed E-state index contributed by atoms with van der Waals surface area (Å²) < 4.78 is 22.6. The van der Waals surface area contributed by atoms with E-state index < -0.39 is 10.0 Å². The van der Waals surface area contributed by atoms with Crippen molar-refractivity contribution in [3.63, 3.8) is 0 Å². The summed E-state index contributed by atoms with van der Waals surface area (Å²) in [6.07, 6.45) is 1.77. The number of nitrogens with two attached hydrogens (primary N) is 1. The van der Waals surface area contributed by atoms with Gasteiger partial charge >= 0.3 is 0 Å². The van der Waals surface area contributed by atoms with Crippen molar-refractivity contribution in [1.82, 2.24) is 9.97 Å². The Morgan fingerprint density at radius 1 is 1.00 bits per heavy atom. The van der Waals surface area contributed by atoms with Gasteiger partial charge in [-0.2, -0.15) is 0 Å². The first-order chi connectivity index (χ1) is 10.9. The molecule has 0 unspecified atom stereocenters. The largest absolute Gasteiger partial charge is 0.368 e. The Kier molecular flexibility index (Phi) is 4.18. The molecule has 2 heterocycles. The molecule has 2 N–H and O–H groups in total. The molecule has 8 heteroatoms. The monoisotopic (exact) mass is 333 g/mol. The molecule has 0 saturated carbocycles. The van der Waals surface area contributed by atoms with Crippen LogP contribution in [0.1, 0.15) is 5.69 Å². The van der Waals surface area contributed by atoms with Gasteiger partial charge in [0, 0.05) is 43.8 Å². The molecule has 0 amide bonds. The number of primary sulfonamides is 1. The lowest BCUT2D eigenvalue weighted by Crippen LogP contribution is -2.47. The van der Waals surface area contributed by atoms with Crippen LogP contribution >= 0.6 is 0 Å². The van der Waals surface area contributed by atoms with Crippen LogP contribution in [0.3, 0.4) is 0 Å². The molecule has 0 aliphatic carbocycles. The molecule has 7 nitrogen and oxygen atoms in total. The molecule has 0 bridgehead atoms. The Morgan fingerprint density at radius 2 is 1.61 bits per heavy atom. The predicted molar refractivity (Wildman–Crippen MR) is 89.0 cm³/mol. The lowest BCUT2D eigenvalue weighted by Gasteiger charge is -2.36. The van der Waals surface area contributed by atoms with E-state index in [2.05, 4.69) is 19.8 Å². The SMILES string of the molecule is Cc1ccnc(N2CCN(c3ccc(S(N)(=O)=O)cc3)CC2)n1. The summed E-state index contributed by atoms with van der Waals surface area (Å²) in [6, 6.07) is 8.55. The van der Waals surface area contributed by atoms with Crippen molar-refractivity contribution in [2.75, 3.05) is 36.0 Å². The van der Waals surface area contributed by atoms with Crippen molar-refractivity contribution in [2.45, 2.75) is 11.8 Å². The highest BCUT2D eigenvalue weighted by molar-refractivity contribution is 7.89. The van der Waals surface area contributed by atoms with Crippen LogP contribution in [0.15, 0.2) is 41.4 Å². The fourth-order valence-corrected chi connectivity index (χ4v) is 3.11. The summed E-state index contributed by atoms with van der Waals surface area (Å²) in [6.45, 7) is 5.24. The fraction of sp³-hybridized carbons (Fsp3) is 0.333. The van der Waals surface area contributed by atoms with E-state index in [4.69, 9.17) is 5.14 Å². The number of hydrogen-bond acceptors (Lipinski definition) is 6. The van der Waals surface area contributed by atoms with Crippen LogP contribution in [-0.2, 0) is 10.0 Å². The van der Waals surface area contributed by atoms with Crippen molar-refractivity contribution < 1.29 is 8.42 Å². The zero-order valence-corrected chi connectivity index (χ0v) is 13.7. The average molecular weight is 333 g/mol. The third-order valence-corrected chi connectivity index (χ3v) is 4.80. The molecule has 1 fully saturated rings. The van der Waals surface area contributed by atoms with Gasteiger partial charge in [0.25, 0.3) is 0 Å². The minimum Gasteiger partial charge on any atom is -0.368 e. The number of hydrogen-bond donors (Lipinski definition) is 1. The molecule has 0 atom stereocenters. The summed E-state index contributed by atoms with van der Waals surface area (Å²) >= 11 is 0. The van der Waals surface area contributed by atoms with E-state index in [1.54, 1.807) is 30.5 Å². The Labute approximate surface area is 135 Å². The van der Waals surface area contributed by atoms with Gasteiger partial charge in [-0.15, -0.1) is 0 Å². The molecular weight excluding hydrogens is 314 g/mol. The van der Waals surface area contributed by atoms with Gasteiger partial charge in [-0.1, -0.05) is 0 Å². The fourth-order valence-electron chi connectivity index (χ4n) is 2.60. The Hall–Kier alpha value is -2.19. The lowest BCUT2D eigenvalue weighted by atomic mass is 10.2. The van der Waals surface area contributed by atoms with Gasteiger partial charge in [0.05, 0.1) is 4.90 Å². The van der Waals surface area contributed by atoms with Gasteiger partial charge in [-0.3, -0.25) is 0 Å². The second-order valence-electron chi connectivity index (χ2n) is 5.51. The first-order valence-electron chi connectivity index (χ1n) is 7.36. The number of rotatable bonds is 3. The zero-order valence-electron chi connectivity index (χ0n) is 12.9. The number of benzene rings is 1. The van der Waals surface area contributed by atoms with Crippen LogP contribution in [0.4, 0.5) is 11.6 Å². The van der Waals surface area contributed by atoms with Crippen LogP contribution in [-0.4, -0.2) is 44.6 Å². The number of sulfonamides is 1. The quantitative estimate of drug-likeness (QED) is 0.891. The number of nitrogens with zero attached hydrogens (tertiary/aromatic N) is 4. The Morgan fingerprint density at radius 3 is 2.17 bits per heavy atom. The van der Waals surface area contributed by atoms with Crippen molar-refractivity contribution in [1.29, 1.82) is 0 Å². The third-order valence-electron chi connectivity index (χ3n) is 3.88. The van der Waals surface area contributed by atoms with Crippen molar-refractivity contribution in [3.8, 4) is 0 Å². The van der Waals surface area contributed by atoms with E-state index in [1.165, 1.54) is 0 Å². The summed E-state index contributed by atoms with van der Waals surface area (Å²) in [5.41, 5.74) is 1.94. The maximum Gasteiger partial charge on any atom is 0.238 e. The second kappa shape index (κ2) is 6.13. The van der Waals surface area contributed by atoms with Gasteiger partial charge in [0.15, 0.2) is 0 Å². The normalized spacial score (nSPS) is 15.7. The number of aryl methyl sites for hydroxylation is 1. The highest BCUT2D eigenvalue weighted by Gasteiger charge is 2.19. The molecule has 122 valence electrons. The van der Waals surface area contributed by atoms with Crippen molar-refractivity contribution in [2.24, 2.45) is 5.14 Å². The molecule has 2 aromatic rings. The molecule has 0 radical (unpaired) electrons. The first-order valence-corrected chi connectivity index (χ1v) is 8.90. The second-order valence-corrected chi connectivity index (χ2v) is 7.07. The molecule has 1 aliphatic heterocycles. The van der Waals surface area contributed by atoms with E-state index >= 15 is 0 Å². The molecule has 1 saturated heterocycles. The molecular formula is C15H19N5O2S. The van der Waals surface area contributed by atoms with Crippen LogP contribution in [0.25, 0.3) is 0 Å². The Bertz CT molecular complexity index is 784. The molecule has 3 rings (SSSR count). The van der Waals surface area contributed by atoms with Gasteiger partial charge < -0.3 is 9.80 Å². The van der Waals surface area contributed by atoms with Crippen molar-refractivity contribution >= 4 is 21.7 Å². The molecule has 23 heavy (non-hydrogen) atoms. The summed E-state index contributed by atoms with van der Waals surface area (Å²) in [7, 11) is -3.64. The van der Waals surface area contributed by atoms with Crippen LogP contribution in [0.2, 0.25) is 0 Å². The highest BCUT2D eigenvalue weighted by atomic mass is 32.2. The van der Waals surface area contributed by atoms with E-state index in [0.717, 1.165) is 43.5 Å². The smallest absolute Gasteiger partial charge is 0.238 e. The molecule has 1 aromatic carbocycles. The van der Waals surface area contributed by atoms with Gasteiger partial charge in [-0.25, -0.2) is 23.5 Å². The number of piperazine rings is 1. The molecule has 1 aromatic heterocycles. The van der Waals surface area contributed by atoms with E-state index in [9.17, 15) is 8.42 Å². The predicted octanol–water partition coefficient (Wildman–Crippen LogP) is 0.759. The van der Waals surface area contributed by atoms with Crippen LogP contribution in [0, 0.1) is 6.92 Å². The van der Waals surface area contributed by atoms with E-state index in [0.29, 0.717) is 0 Å². The maximum atomic E-state index is 11.3. The minimum atomic E-state index is -3.64. The Balaban J connectivity index is 1.67.